The summed E-state index contributed by atoms with van der Waals surface area (Å²) < 4.78 is 7.94. The number of fused-ring (bicyclic) bond motifs is 3. The van der Waals surface area contributed by atoms with Crippen LogP contribution >= 0.6 is 11.6 Å². The van der Waals surface area contributed by atoms with Crippen molar-refractivity contribution in [2.24, 2.45) is 11.8 Å². The lowest BCUT2D eigenvalue weighted by Gasteiger charge is -2.36. The molecule has 1 aliphatic carbocycles. The number of carboxylic acid groups (broad SMARTS) is 1. The van der Waals surface area contributed by atoms with Gasteiger partial charge >= 0.3 is 5.97 Å². The van der Waals surface area contributed by atoms with Gasteiger partial charge in [0, 0.05) is 30.5 Å². The molecule has 1 aromatic carbocycles. The van der Waals surface area contributed by atoms with Gasteiger partial charge in [-0.2, -0.15) is 0 Å². The quantitative estimate of drug-likeness (QED) is 0.773. The van der Waals surface area contributed by atoms with Crippen LogP contribution in [0, 0.1) is 11.8 Å². The number of aliphatic hydroxyl groups is 1. The molecule has 2 aromatic rings. The maximum absolute atomic E-state index is 12.3. The summed E-state index contributed by atoms with van der Waals surface area (Å²) >= 11 is 6.49. The molecule has 0 amide bonds. The Bertz CT molecular complexity index is 1020. The van der Waals surface area contributed by atoms with E-state index >= 15 is 0 Å². The van der Waals surface area contributed by atoms with E-state index in [-0.39, 0.29) is 30.2 Å². The number of carbonyl (C=O) groups is 1. The Morgan fingerprint density at radius 1 is 1.31 bits per heavy atom. The molecule has 154 valence electrons. The molecule has 0 saturated heterocycles. The van der Waals surface area contributed by atoms with E-state index in [1.54, 1.807) is 6.07 Å². The second kappa shape index (κ2) is 7.50. The lowest BCUT2D eigenvalue weighted by molar-refractivity contribution is 0.0325. The highest BCUT2D eigenvalue weighted by Crippen LogP contribution is 2.43. The molecule has 0 spiro atoms. The number of carboxylic acids is 1. The zero-order valence-corrected chi connectivity index (χ0v) is 17.1. The van der Waals surface area contributed by atoms with Gasteiger partial charge < -0.3 is 19.5 Å². The van der Waals surface area contributed by atoms with E-state index < -0.39 is 11.4 Å². The first-order valence-corrected chi connectivity index (χ1v) is 10.3. The highest BCUT2D eigenvalue weighted by Gasteiger charge is 2.32. The number of aromatic carboxylic acids is 1. The predicted octanol–water partition coefficient (Wildman–Crippen LogP) is 3.77. The summed E-state index contributed by atoms with van der Waals surface area (Å²) in [6.07, 6.45) is 3.83. The Labute approximate surface area is 173 Å². The van der Waals surface area contributed by atoms with Crippen LogP contribution in [0.25, 0.3) is 11.3 Å². The molecule has 1 fully saturated rings. The number of hydrogen-bond acceptors (Lipinski definition) is 4. The molecule has 1 aromatic heterocycles. The topological polar surface area (TPSA) is 88.8 Å². The number of nitrogens with zero attached hydrogens (tertiary/aromatic N) is 1. The lowest BCUT2D eigenvalue weighted by Crippen LogP contribution is -2.35. The van der Waals surface area contributed by atoms with E-state index in [1.807, 2.05) is 10.6 Å². The molecule has 0 radical (unpaired) electrons. The third kappa shape index (κ3) is 3.55. The SMILES string of the molecule is CC(C)[C@@H]1Cc2cc(OC3CC(CO)C3)c(Cl)cc2-c2cc(=O)c(C(=O)O)cn21. The molecule has 4 rings (SSSR count). The monoisotopic (exact) mass is 417 g/mol. The molecule has 0 unspecified atom stereocenters. The number of aliphatic hydroxyl groups excluding tert-OH is 1. The van der Waals surface area contributed by atoms with Crippen LogP contribution in [0.2, 0.25) is 5.02 Å². The van der Waals surface area contributed by atoms with E-state index in [1.165, 1.54) is 12.3 Å². The molecule has 1 saturated carbocycles. The highest BCUT2D eigenvalue weighted by atomic mass is 35.5. The van der Waals surface area contributed by atoms with Crippen molar-refractivity contribution < 1.29 is 19.7 Å². The number of rotatable bonds is 5. The molecule has 1 aliphatic heterocycles. The maximum Gasteiger partial charge on any atom is 0.341 e. The molecule has 1 atom stereocenters. The third-order valence-corrected chi connectivity index (χ3v) is 6.34. The highest BCUT2D eigenvalue weighted by molar-refractivity contribution is 6.32. The van der Waals surface area contributed by atoms with E-state index in [0.717, 1.165) is 24.0 Å². The van der Waals surface area contributed by atoms with Gasteiger partial charge in [-0.15, -0.1) is 0 Å². The molecule has 2 heterocycles. The normalized spacial score (nSPS) is 22.6. The fourth-order valence-corrected chi connectivity index (χ4v) is 4.48. The summed E-state index contributed by atoms with van der Waals surface area (Å²) in [4.78, 5) is 23.8. The van der Waals surface area contributed by atoms with Crippen molar-refractivity contribution in [3.63, 3.8) is 0 Å². The standard InChI is InChI=1S/C22H24ClNO5/c1-11(2)18-5-13-6-21(29-14-3-12(4-14)10-25)17(23)7-15(13)19-8-20(26)16(22(27)28)9-24(18)19/h6-9,11-12,14,18,25H,3-5,10H2,1-2H3,(H,27,28)/t12?,14?,18-/m0/s1. The molecule has 2 N–H and O–H groups in total. The lowest BCUT2D eigenvalue weighted by atomic mass is 9.83. The number of pyridine rings is 1. The van der Waals surface area contributed by atoms with Gasteiger partial charge in [0.15, 0.2) is 5.43 Å². The van der Waals surface area contributed by atoms with Gasteiger partial charge in [0.05, 0.1) is 16.8 Å². The summed E-state index contributed by atoms with van der Waals surface area (Å²) in [6.45, 7) is 4.33. The van der Waals surface area contributed by atoms with Gasteiger partial charge in [0.25, 0.3) is 0 Å². The number of hydrogen-bond donors (Lipinski definition) is 2. The second-order valence-electron chi connectivity index (χ2n) is 8.36. The van der Waals surface area contributed by atoms with Crippen LogP contribution in [0.5, 0.6) is 5.75 Å². The minimum atomic E-state index is -1.22. The van der Waals surface area contributed by atoms with E-state index in [0.29, 0.717) is 28.8 Å². The summed E-state index contributed by atoms with van der Waals surface area (Å²) in [5.41, 5.74) is 1.80. The van der Waals surface area contributed by atoms with Crippen molar-refractivity contribution in [2.75, 3.05) is 6.61 Å². The van der Waals surface area contributed by atoms with Gasteiger partial charge in [0.2, 0.25) is 0 Å². The Morgan fingerprint density at radius 2 is 2.03 bits per heavy atom. The Morgan fingerprint density at radius 3 is 2.66 bits per heavy atom. The summed E-state index contributed by atoms with van der Waals surface area (Å²) in [5.74, 6) is -0.0683. The van der Waals surface area contributed by atoms with Crippen molar-refractivity contribution in [3.8, 4) is 17.0 Å². The van der Waals surface area contributed by atoms with Crippen LogP contribution in [-0.4, -0.2) is 33.5 Å². The predicted molar refractivity (Wildman–Crippen MR) is 110 cm³/mol. The van der Waals surface area contributed by atoms with Gasteiger partial charge in [-0.25, -0.2) is 4.79 Å². The van der Waals surface area contributed by atoms with Gasteiger partial charge in [-0.1, -0.05) is 25.4 Å². The molecule has 0 bridgehead atoms. The smallest absolute Gasteiger partial charge is 0.341 e. The summed E-state index contributed by atoms with van der Waals surface area (Å²) in [5, 5.41) is 19.0. The minimum Gasteiger partial charge on any atom is -0.489 e. The molecular weight excluding hydrogens is 394 g/mol. The number of benzene rings is 1. The van der Waals surface area contributed by atoms with E-state index in [4.69, 9.17) is 16.3 Å². The second-order valence-corrected chi connectivity index (χ2v) is 8.77. The molecule has 6 nitrogen and oxygen atoms in total. The fraction of sp³-hybridized carbons (Fsp3) is 0.455. The van der Waals surface area contributed by atoms with Crippen molar-refractivity contribution in [3.05, 3.63) is 50.8 Å². The Hall–Kier alpha value is -2.31. The Balaban J connectivity index is 1.76. The molecule has 29 heavy (non-hydrogen) atoms. The van der Waals surface area contributed by atoms with E-state index in [9.17, 15) is 19.8 Å². The van der Waals surface area contributed by atoms with Gasteiger partial charge in [0.1, 0.15) is 11.3 Å². The first kappa shape index (κ1) is 20.0. The number of ether oxygens (including phenoxy) is 1. The number of halogens is 1. The van der Waals surface area contributed by atoms with E-state index in [2.05, 4.69) is 13.8 Å². The molecule has 2 aliphatic rings. The van der Waals surface area contributed by atoms with Crippen LogP contribution < -0.4 is 10.2 Å². The summed E-state index contributed by atoms with van der Waals surface area (Å²) in [6, 6.07) is 5.16. The zero-order chi connectivity index (χ0) is 20.9. The largest absolute Gasteiger partial charge is 0.489 e. The number of aromatic nitrogens is 1. The van der Waals surface area contributed by atoms with Crippen LogP contribution in [0.4, 0.5) is 0 Å². The molecular formula is C22H24ClNO5. The van der Waals surface area contributed by atoms with Crippen LogP contribution in [-0.2, 0) is 6.42 Å². The maximum atomic E-state index is 12.3. The fourth-order valence-electron chi connectivity index (χ4n) is 4.27. The van der Waals surface area contributed by atoms with Crippen LogP contribution in [0.1, 0.15) is 48.7 Å². The van der Waals surface area contributed by atoms with Crippen molar-refractivity contribution in [1.29, 1.82) is 0 Å². The van der Waals surface area contributed by atoms with Crippen molar-refractivity contribution >= 4 is 17.6 Å². The third-order valence-electron chi connectivity index (χ3n) is 6.04. The Kier molecular flexibility index (Phi) is 5.17. The summed E-state index contributed by atoms with van der Waals surface area (Å²) in [7, 11) is 0. The first-order chi connectivity index (χ1) is 13.8. The first-order valence-electron chi connectivity index (χ1n) is 9.88. The van der Waals surface area contributed by atoms with Crippen molar-refractivity contribution in [1.82, 2.24) is 4.57 Å². The average molecular weight is 418 g/mol. The van der Waals surface area contributed by atoms with Crippen LogP contribution in [0.15, 0.2) is 29.2 Å². The van der Waals surface area contributed by atoms with Gasteiger partial charge in [-0.3, -0.25) is 4.79 Å². The minimum absolute atomic E-state index is 0.0210. The molecule has 7 heteroatoms. The van der Waals surface area contributed by atoms with Crippen LogP contribution in [0.3, 0.4) is 0 Å². The zero-order valence-electron chi connectivity index (χ0n) is 16.4. The van der Waals surface area contributed by atoms with Gasteiger partial charge in [-0.05, 0) is 48.8 Å². The average Bonchev–Trinajstić information content (AvgIpc) is 2.63. The van der Waals surface area contributed by atoms with Crippen molar-refractivity contribution in [2.45, 2.75) is 45.3 Å².